The van der Waals surface area contributed by atoms with Crippen molar-refractivity contribution in [1.82, 2.24) is 0 Å². The van der Waals surface area contributed by atoms with Crippen LogP contribution < -0.4 is 5.11 Å². The van der Waals surface area contributed by atoms with Crippen LogP contribution in [-0.4, -0.2) is 62.5 Å². The Bertz CT molecular complexity index is 176. The van der Waals surface area contributed by atoms with Crippen molar-refractivity contribution in [3.63, 3.8) is 0 Å². The molecule has 0 spiro atoms. The van der Waals surface area contributed by atoms with Crippen molar-refractivity contribution in [2.75, 3.05) is 6.61 Å². The topological polar surface area (TPSA) is 141 Å². The minimum Gasteiger partial charge on any atom is -0.547 e. The maximum atomic E-state index is 9.98. The van der Waals surface area contributed by atoms with Gasteiger partial charge in [0.25, 0.3) is 0 Å². The molecule has 0 aromatic rings. The summed E-state index contributed by atoms with van der Waals surface area (Å²) in [6.07, 6.45) is -8.08. The number of carbonyl (C=O) groups is 1. The van der Waals surface area contributed by atoms with E-state index in [-0.39, 0.29) is 17.1 Å². The molecule has 0 bridgehead atoms. The summed E-state index contributed by atoms with van der Waals surface area (Å²) in [6, 6.07) is 0. The van der Waals surface area contributed by atoms with E-state index in [9.17, 15) is 9.90 Å². The van der Waals surface area contributed by atoms with E-state index in [1.165, 1.54) is 0 Å². The Morgan fingerprint density at radius 2 is 1.57 bits per heavy atom. The summed E-state index contributed by atoms with van der Waals surface area (Å²) in [7, 11) is 0. The van der Waals surface area contributed by atoms with E-state index in [0.29, 0.717) is 0 Å². The van der Waals surface area contributed by atoms with Crippen LogP contribution in [0.25, 0.3) is 0 Å². The molecule has 0 aliphatic carbocycles. The van der Waals surface area contributed by atoms with Gasteiger partial charge in [-0.05, 0) is 0 Å². The molecule has 8 heteroatoms. The van der Waals surface area contributed by atoms with Crippen LogP contribution in [0.1, 0.15) is 0 Å². The number of carboxylic acid groups (broad SMARTS) is 1. The van der Waals surface area contributed by atoms with Gasteiger partial charge in [-0.2, -0.15) is 0 Å². The average molecular weight is 251 g/mol. The number of rotatable bonds is 5. The van der Waals surface area contributed by atoms with Crippen molar-refractivity contribution in [2.45, 2.75) is 24.4 Å². The summed E-state index contributed by atoms with van der Waals surface area (Å²) in [5, 5.41) is 53.4. The van der Waals surface area contributed by atoms with Crippen LogP contribution in [-0.2, 0) is 21.9 Å². The summed E-state index contributed by atoms with van der Waals surface area (Å²) >= 11 is 0. The first-order valence-electron chi connectivity index (χ1n) is 3.45. The molecule has 0 saturated heterocycles. The number of aliphatic hydroxyl groups excluding tert-OH is 5. The second kappa shape index (κ2) is 7.13. The van der Waals surface area contributed by atoms with Gasteiger partial charge in [0, 0.05) is 17.1 Å². The van der Waals surface area contributed by atoms with E-state index in [0.717, 1.165) is 0 Å². The molecule has 14 heavy (non-hydrogen) atoms. The molecule has 0 aliphatic heterocycles. The Balaban J connectivity index is 0. The van der Waals surface area contributed by atoms with E-state index in [1.54, 1.807) is 0 Å². The Morgan fingerprint density at radius 1 is 1.14 bits per heavy atom. The zero-order chi connectivity index (χ0) is 10.6. The Morgan fingerprint density at radius 3 is 1.86 bits per heavy atom. The molecular weight excluding hydrogens is 240 g/mol. The average Bonchev–Trinajstić information content (AvgIpc) is 2.12. The van der Waals surface area contributed by atoms with E-state index in [2.05, 4.69) is 0 Å². The van der Waals surface area contributed by atoms with Gasteiger partial charge in [-0.15, -0.1) is 0 Å². The number of aliphatic carboxylic acids is 1. The first-order valence-corrected chi connectivity index (χ1v) is 3.45. The number of hydrogen-bond donors (Lipinski definition) is 5. The Labute approximate surface area is 90.1 Å². The first-order chi connectivity index (χ1) is 5.91. The minimum absolute atomic E-state index is 0. The molecule has 0 amide bonds. The molecule has 4 unspecified atom stereocenters. The predicted octanol–water partition coefficient (Wildman–Crippen LogP) is -4.83. The molecule has 0 rings (SSSR count). The third-order valence-electron chi connectivity index (χ3n) is 1.50. The van der Waals surface area contributed by atoms with Crippen molar-refractivity contribution < 1.29 is 52.5 Å². The van der Waals surface area contributed by atoms with E-state index >= 15 is 0 Å². The molecule has 86 valence electrons. The van der Waals surface area contributed by atoms with E-state index in [1.807, 2.05) is 0 Å². The van der Waals surface area contributed by atoms with Crippen LogP contribution in [0.4, 0.5) is 0 Å². The fraction of sp³-hybridized carbons (Fsp3) is 0.833. The van der Waals surface area contributed by atoms with Crippen molar-refractivity contribution in [1.29, 1.82) is 0 Å². The summed E-state index contributed by atoms with van der Waals surface area (Å²) < 4.78 is 0. The van der Waals surface area contributed by atoms with Crippen LogP contribution in [0.15, 0.2) is 0 Å². The molecule has 0 aromatic carbocycles. The van der Waals surface area contributed by atoms with Crippen molar-refractivity contribution in [3.8, 4) is 0 Å². The molecule has 5 N–H and O–H groups in total. The molecule has 0 aromatic heterocycles. The predicted molar refractivity (Wildman–Crippen MR) is 36.1 cm³/mol. The van der Waals surface area contributed by atoms with Gasteiger partial charge in [-0.3, -0.25) is 0 Å². The van der Waals surface area contributed by atoms with Crippen molar-refractivity contribution in [2.24, 2.45) is 0 Å². The van der Waals surface area contributed by atoms with Crippen LogP contribution in [0, 0.1) is 0 Å². The van der Waals surface area contributed by atoms with Gasteiger partial charge in [0.05, 0.1) is 12.6 Å². The van der Waals surface area contributed by atoms with Gasteiger partial charge in [-0.1, -0.05) is 0 Å². The summed E-state index contributed by atoms with van der Waals surface area (Å²) in [5.41, 5.74) is 0. The summed E-state index contributed by atoms with van der Waals surface area (Å²) in [4.78, 5) is 9.98. The second-order valence-electron chi connectivity index (χ2n) is 2.49. The van der Waals surface area contributed by atoms with Gasteiger partial charge in [0.1, 0.15) is 24.4 Å². The van der Waals surface area contributed by atoms with E-state index < -0.39 is 37.0 Å². The Kier molecular flexibility index (Phi) is 8.27. The van der Waals surface area contributed by atoms with Crippen LogP contribution in [0.5, 0.6) is 0 Å². The largest absolute Gasteiger partial charge is 0.547 e. The number of carboxylic acids is 1. The summed E-state index contributed by atoms with van der Waals surface area (Å²) in [5.74, 6) is -1.98. The standard InChI is InChI=1S/C6H12O7.Fe/c7-1-2(8)3(9)4(10)5(11)6(12)13;/h2-5,7-11H,1H2,(H,12,13);/p-1. The van der Waals surface area contributed by atoms with E-state index in [4.69, 9.17) is 25.5 Å². The van der Waals surface area contributed by atoms with Gasteiger partial charge >= 0.3 is 0 Å². The number of aliphatic hydroxyl groups is 5. The monoisotopic (exact) mass is 251 g/mol. The molecule has 0 saturated carbocycles. The number of carbonyl (C=O) groups excluding carboxylic acids is 1. The third kappa shape index (κ3) is 4.34. The van der Waals surface area contributed by atoms with Gasteiger partial charge < -0.3 is 35.4 Å². The quantitative estimate of drug-likeness (QED) is 0.308. The molecule has 0 heterocycles. The molecular formula is C6H11FeO7-. The molecule has 7 nitrogen and oxygen atoms in total. The second-order valence-corrected chi connectivity index (χ2v) is 2.49. The van der Waals surface area contributed by atoms with Crippen molar-refractivity contribution in [3.05, 3.63) is 0 Å². The maximum absolute atomic E-state index is 9.98. The van der Waals surface area contributed by atoms with Crippen LogP contribution >= 0.6 is 0 Å². The van der Waals surface area contributed by atoms with Crippen LogP contribution in [0.2, 0.25) is 0 Å². The van der Waals surface area contributed by atoms with Crippen LogP contribution in [0.3, 0.4) is 0 Å². The molecule has 0 radical (unpaired) electrons. The van der Waals surface area contributed by atoms with Gasteiger partial charge in [-0.25, -0.2) is 0 Å². The fourth-order valence-electron chi connectivity index (χ4n) is 0.662. The smallest absolute Gasteiger partial charge is 0.122 e. The summed E-state index contributed by atoms with van der Waals surface area (Å²) in [6.45, 7) is -0.863. The zero-order valence-corrected chi connectivity index (χ0v) is 8.03. The zero-order valence-electron chi connectivity index (χ0n) is 6.92. The van der Waals surface area contributed by atoms with Gasteiger partial charge in [0.15, 0.2) is 0 Å². The molecule has 0 aliphatic rings. The van der Waals surface area contributed by atoms with Crippen molar-refractivity contribution >= 4 is 5.97 Å². The SMILES string of the molecule is O=C([O-])C(O)C(O)C(O)C(O)CO.[Fe]. The number of hydrogen-bond acceptors (Lipinski definition) is 7. The fourth-order valence-corrected chi connectivity index (χ4v) is 0.662. The first kappa shape index (κ1) is 16.2. The molecule has 4 atom stereocenters. The van der Waals surface area contributed by atoms with Gasteiger partial charge in [0.2, 0.25) is 0 Å². The molecule has 0 fully saturated rings. The maximum Gasteiger partial charge on any atom is 0.122 e. The Hall–Kier alpha value is -0.211. The normalized spacial score (nSPS) is 18.9. The minimum atomic E-state index is -2.31. The third-order valence-corrected chi connectivity index (χ3v) is 1.50.